The molecule has 76 valence electrons. The fourth-order valence-corrected chi connectivity index (χ4v) is 0.764. The molecule has 0 aliphatic heterocycles. The van der Waals surface area contributed by atoms with E-state index in [-0.39, 0.29) is 17.8 Å². The maximum Gasteiger partial charge on any atom is 0.175 e. The minimum Gasteiger partial charge on any atom is -0.491 e. The second kappa shape index (κ2) is 5.05. The molecule has 0 radical (unpaired) electrons. The summed E-state index contributed by atoms with van der Waals surface area (Å²) in [7, 11) is 0. The van der Waals surface area contributed by atoms with E-state index in [1.165, 1.54) is 0 Å². The van der Waals surface area contributed by atoms with Crippen molar-refractivity contribution >= 4 is 5.78 Å². The summed E-state index contributed by atoms with van der Waals surface area (Å²) < 4.78 is 5.34. The minimum atomic E-state index is -0.299. The van der Waals surface area contributed by atoms with Crippen LogP contribution in [0.5, 0.6) is 0 Å². The van der Waals surface area contributed by atoms with Gasteiger partial charge in [-0.15, -0.1) is 0 Å². The molecule has 0 aromatic heterocycles. The summed E-state index contributed by atoms with van der Waals surface area (Å²) >= 11 is 0. The van der Waals surface area contributed by atoms with E-state index in [0.29, 0.717) is 0 Å². The van der Waals surface area contributed by atoms with Crippen LogP contribution >= 0.6 is 0 Å². The fourth-order valence-electron chi connectivity index (χ4n) is 0.764. The van der Waals surface area contributed by atoms with E-state index in [1.54, 1.807) is 0 Å². The molecule has 2 heteroatoms. The highest BCUT2D eigenvalue weighted by atomic mass is 16.5. The number of rotatable bonds is 4. The van der Waals surface area contributed by atoms with Crippen LogP contribution in [-0.2, 0) is 9.53 Å². The van der Waals surface area contributed by atoms with Gasteiger partial charge in [-0.25, -0.2) is 0 Å². The van der Waals surface area contributed by atoms with E-state index in [1.807, 2.05) is 40.7 Å². The summed E-state index contributed by atoms with van der Waals surface area (Å²) in [5, 5.41) is 0. The van der Waals surface area contributed by atoms with Crippen molar-refractivity contribution in [1.82, 2.24) is 0 Å². The van der Waals surface area contributed by atoms with E-state index in [2.05, 4.69) is 0 Å². The molecule has 0 rings (SSSR count). The number of ether oxygens (including phenoxy) is 1. The third kappa shape index (κ3) is 4.71. The average Bonchev–Trinajstić information content (AvgIpc) is 2.04. The molecule has 0 spiro atoms. The Morgan fingerprint density at radius 1 is 1.38 bits per heavy atom. The molecular formula is C11H20O2. The highest BCUT2D eigenvalue weighted by Crippen LogP contribution is 2.15. The van der Waals surface area contributed by atoms with Gasteiger partial charge < -0.3 is 4.74 Å². The number of Topliss-reactive ketones (excluding diaryl/α,β-unsaturated/α-hetero) is 1. The Labute approximate surface area is 81.0 Å². The zero-order valence-corrected chi connectivity index (χ0v) is 9.31. The van der Waals surface area contributed by atoms with Crippen LogP contribution in [0.4, 0.5) is 0 Å². The predicted molar refractivity (Wildman–Crippen MR) is 54.5 cm³/mol. The normalized spacial score (nSPS) is 12.8. The molecule has 2 nitrogen and oxygen atoms in total. The molecule has 0 aromatic rings. The Kier molecular flexibility index (Phi) is 4.74. The lowest BCUT2D eigenvalue weighted by Gasteiger charge is -2.17. The van der Waals surface area contributed by atoms with Crippen molar-refractivity contribution in [3.8, 4) is 0 Å². The van der Waals surface area contributed by atoms with Gasteiger partial charge in [0.1, 0.15) is 6.61 Å². The second-order valence-electron chi connectivity index (χ2n) is 4.07. The first-order valence-electron chi connectivity index (χ1n) is 4.73. The molecule has 0 heterocycles. The van der Waals surface area contributed by atoms with E-state index in [9.17, 15) is 4.79 Å². The monoisotopic (exact) mass is 184 g/mol. The zero-order chi connectivity index (χ0) is 10.5. The number of hydrogen-bond donors (Lipinski definition) is 0. The summed E-state index contributed by atoms with van der Waals surface area (Å²) in [5.41, 5.74) is -0.299. The van der Waals surface area contributed by atoms with E-state index in [0.717, 1.165) is 12.2 Å². The molecule has 13 heavy (non-hydrogen) atoms. The van der Waals surface area contributed by atoms with Gasteiger partial charge in [0.2, 0.25) is 0 Å². The Bertz CT molecular complexity index is 197. The summed E-state index contributed by atoms with van der Waals surface area (Å²) in [6.45, 7) is 9.83. The summed E-state index contributed by atoms with van der Waals surface area (Å²) in [6, 6.07) is 0. The van der Waals surface area contributed by atoms with Crippen molar-refractivity contribution in [2.45, 2.75) is 41.0 Å². The Morgan fingerprint density at radius 3 is 2.23 bits per heavy atom. The Hall–Kier alpha value is -0.790. The maximum atomic E-state index is 11.4. The lowest BCUT2D eigenvalue weighted by atomic mass is 9.91. The topological polar surface area (TPSA) is 26.3 Å². The maximum absolute atomic E-state index is 11.4. The summed E-state index contributed by atoms with van der Waals surface area (Å²) in [6.07, 6.45) is 2.74. The quantitative estimate of drug-likeness (QED) is 0.628. The van der Waals surface area contributed by atoms with E-state index in [4.69, 9.17) is 4.74 Å². The van der Waals surface area contributed by atoms with Crippen LogP contribution in [0.1, 0.15) is 41.0 Å². The van der Waals surface area contributed by atoms with Gasteiger partial charge in [0.25, 0.3) is 0 Å². The Balaban J connectivity index is 3.97. The molecule has 0 aromatic carbocycles. The van der Waals surface area contributed by atoms with E-state index >= 15 is 0 Å². The molecule has 0 fully saturated rings. The van der Waals surface area contributed by atoms with Crippen molar-refractivity contribution in [3.63, 3.8) is 0 Å². The largest absolute Gasteiger partial charge is 0.491 e. The number of hydrogen-bond acceptors (Lipinski definition) is 2. The lowest BCUT2D eigenvalue weighted by molar-refractivity contribution is -0.129. The lowest BCUT2D eigenvalue weighted by Crippen LogP contribution is -2.24. The van der Waals surface area contributed by atoms with Gasteiger partial charge in [-0.2, -0.15) is 0 Å². The molecule has 0 bridgehead atoms. The highest BCUT2D eigenvalue weighted by molar-refractivity contribution is 5.84. The summed E-state index contributed by atoms with van der Waals surface area (Å²) in [5.74, 6) is 1.03. The van der Waals surface area contributed by atoms with Crippen LogP contribution in [0.2, 0.25) is 0 Å². The van der Waals surface area contributed by atoms with Gasteiger partial charge in [0, 0.05) is 11.8 Å². The van der Waals surface area contributed by atoms with Gasteiger partial charge >= 0.3 is 0 Å². The third-order valence-corrected chi connectivity index (χ3v) is 1.90. The van der Waals surface area contributed by atoms with Crippen LogP contribution in [0, 0.1) is 5.41 Å². The third-order valence-electron chi connectivity index (χ3n) is 1.90. The van der Waals surface area contributed by atoms with Gasteiger partial charge in [0.15, 0.2) is 5.78 Å². The van der Waals surface area contributed by atoms with Crippen molar-refractivity contribution in [2.75, 3.05) is 6.61 Å². The molecule has 0 aliphatic rings. The molecule has 0 N–H and O–H groups in total. The molecule has 0 saturated heterocycles. The first kappa shape index (κ1) is 12.2. The standard InChI is InChI=1S/C11H20O2/c1-6-9(7-2)13-8-10(12)11(3,4)5/h6H,7-8H2,1-5H3/b9-6+. The van der Waals surface area contributed by atoms with E-state index < -0.39 is 0 Å². The number of carbonyl (C=O) groups is 1. The number of ketones is 1. The van der Waals surface area contributed by atoms with Crippen LogP contribution in [-0.4, -0.2) is 12.4 Å². The summed E-state index contributed by atoms with van der Waals surface area (Å²) in [4.78, 5) is 11.4. The van der Waals surface area contributed by atoms with Crippen molar-refractivity contribution < 1.29 is 9.53 Å². The van der Waals surface area contributed by atoms with Crippen molar-refractivity contribution in [2.24, 2.45) is 5.41 Å². The van der Waals surface area contributed by atoms with Crippen LogP contribution in [0.25, 0.3) is 0 Å². The first-order valence-corrected chi connectivity index (χ1v) is 4.73. The van der Waals surface area contributed by atoms with Gasteiger partial charge in [0.05, 0.1) is 5.76 Å². The number of allylic oxidation sites excluding steroid dienone is 2. The van der Waals surface area contributed by atoms with Gasteiger partial charge in [-0.1, -0.05) is 27.7 Å². The molecule has 0 amide bonds. The molecule has 0 unspecified atom stereocenters. The molecule has 0 saturated carbocycles. The van der Waals surface area contributed by atoms with Gasteiger partial charge in [-0.3, -0.25) is 4.79 Å². The Morgan fingerprint density at radius 2 is 1.92 bits per heavy atom. The SMILES string of the molecule is C/C=C(\CC)OCC(=O)C(C)(C)C. The predicted octanol–water partition coefficient (Wildman–Crippen LogP) is 2.93. The minimum absolute atomic E-state index is 0.139. The highest BCUT2D eigenvalue weighted by Gasteiger charge is 2.21. The molecule has 0 aliphatic carbocycles. The van der Waals surface area contributed by atoms with Crippen molar-refractivity contribution in [3.05, 3.63) is 11.8 Å². The molecular weight excluding hydrogens is 164 g/mol. The zero-order valence-electron chi connectivity index (χ0n) is 9.31. The fraction of sp³-hybridized carbons (Fsp3) is 0.727. The average molecular weight is 184 g/mol. The second-order valence-corrected chi connectivity index (χ2v) is 4.07. The smallest absolute Gasteiger partial charge is 0.175 e. The van der Waals surface area contributed by atoms with Crippen LogP contribution in [0.15, 0.2) is 11.8 Å². The first-order chi connectivity index (χ1) is 5.91. The van der Waals surface area contributed by atoms with Crippen LogP contribution < -0.4 is 0 Å². The van der Waals surface area contributed by atoms with Crippen molar-refractivity contribution in [1.29, 1.82) is 0 Å². The number of carbonyl (C=O) groups excluding carboxylic acids is 1. The van der Waals surface area contributed by atoms with Crippen LogP contribution in [0.3, 0.4) is 0 Å². The van der Waals surface area contributed by atoms with Gasteiger partial charge in [-0.05, 0) is 13.0 Å². The molecule has 0 atom stereocenters.